The van der Waals surface area contributed by atoms with E-state index >= 15 is 0 Å². The Hall–Kier alpha value is -1.10. The molecule has 0 aliphatic rings. The highest BCUT2D eigenvalue weighted by Gasteiger charge is 2.09. The number of aliphatic hydroxyl groups excluding tert-OH is 1. The van der Waals surface area contributed by atoms with Crippen molar-refractivity contribution in [3.8, 4) is 16.3 Å². The summed E-state index contributed by atoms with van der Waals surface area (Å²) >= 11 is 7.29. The molecule has 0 amide bonds. The van der Waals surface area contributed by atoms with Gasteiger partial charge in [0.05, 0.1) is 11.3 Å². The second-order valence-corrected chi connectivity index (χ2v) is 4.57. The second kappa shape index (κ2) is 4.82. The zero-order chi connectivity index (χ0) is 11.5. The third-order valence-corrected chi connectivity index (χ3v) is 3.27. The molecule has 0 bridgehead atoms. The van der Waals surface area contributed by atoms with Crippen molar-refractivity contribution in [2.45, 2.75) is 6.42 Å². The van der Waals surface area contributed by atoms with Gasteiger partial charge in [0.25, 0.3) is 0 Å². The van der Waals surface area contributed by atoms with Crippen LogP contribution >= 0.6 is 22.9 Å². The van der Waals surface area contributed by atoms with Gasteiger partial charge in [-0.25, -0.2) is 4.98 Å². The Kier molecular flexibility index (Phi) is 3.43. The predicted molar refractivity (Wildman–Crippen MR) is 65.0 cm³/mol. The van der Waals surface area contributed by atoms with E-state index in [1.54, 1.807) is 18.2 Å². The van der Waals surface area contributed by atoms with Gasteiger partial charge in [0.1, 0.15) is 10.8 Å². The fourth-order valence-corrected chi connectivity index (χ4v) is 2.39. The highest BCUT2D eigenvalue weighted by Crippen LogP contribution is 2.33. The maximum Gasteiger partial charge on any atom is 0.127 e. The maximum atomic E-state index is 9.69. The van der Waals surface area contributed by atoms with Crippen molar-refractivity contribution in [1.29, 1.82) is 0 Å². The van der Waals surface area contributed by atoms with Crippen LogP contribution in [0.25, 0.3) is 10.6 Å². The van der Waals surface area contributed by atoms with Crippen LogP contribution in [0.5, 0.6) is 5.75 Å². The number of hydrogen-bond acceptors (Lipinski definition) is 4. The largest absolute Gasteiger partial charge is 0.507 e. The summed E-state index contributed by atoms with van der Waals surface area (Å²) in [6.07, 6.45) is 0.526. The molecule has 0 radical (unpaired) electrons. The van der Waals surface area contributed by atoms with Crippen LogP contribution in [0.2, 0.25) is 5.02 Å². The van der Waals surface area contributed by atoms with Gasteiger partial charge < -0.3 is 10.2 Å². The molecule has 2 N–H and O–H groups in total. The summed E-state index contributed by atoms with van der Waals surface area (Å²) in [5.74, 6) is 0.161. The minimum Gasteiger partial charge on any atom is -0.507 e. The number of nitrogens with zero attached hydrogens (tertiary/aromatic N) is 1. The van der Waals surface area contributed by atoms with E-state index < -0.39 is 0 Å². The van der Waals surface area contributed by atoms with Gasteiger partial charge in [-0.1, -0.05) is 11.6 Å². The van der Waals surface area contributed by atoms with Gasteiger partial charge in [0, 0.05) is 23.4 Å². The van der Waals surface area contributed by atoms with Crippen molar-refractivity contribution < 1.29 is 10.2 Å². The zero-order valence-corrected chi connectivity index (χ0v) is 9.92. The van der Waals surface area contributed by atoms with Gasteiger partial charge in [-0.05, 0) is 18.2 Å². The molecule has 0 aliphatic heterocycles. The van der Waals surface area contributed by atoms with Crippen LogP contribution < -0.4 is 0 Å². The number of halogens is 1. The maximum absolute atomic E-state index is 9.69. The SMILES string of the molecule is OCCc1csc(-c2cc(Cl)ccc2O)n1. The van der Waals surface area contributed by atoms with Crippen molar-refractivity contribution in [3.63, 3.8) is 0 Å². The van der Waals surface area contributed by atoms with E-state index in [1.165, 1.54) is 11.3 Å². The van der Waals surface area contributed by atoms with Crippen LogP contribution in [0.4, 0.5) is 0 Å². The molecule has 84 valence electrons. The second-order valence-electron chi connectivity index (χ2n) is 3.28. The average Bonchev–Trinajstić information content (AvgIpc) is 2.71. The standard InChI is InChI=1S/C11H10ClNO2S/c12-7-1-2-10(15)9(5-7)11-13-8(3-4-14)6-16-11/h1-2,5-6,14-15H,3-4H2. The fourth-order valence-electron chi connectivity index (χ4n) is 1.34. The van der Waals surface area contributed by atoms with Crippen LogP contribution in [0.3, 0.4) is 0 Å². The van der Waals surface area contributed by atoms with Gasteiger partial charge in [0.2, 0.25) is 0 Å². The topological polar surface area (TPSA) is 53.4 Å². The molecule has 3 nitrogen and oxygen atoms in total. The number of benzene rings is 1. The quantitative estimate of drug-likeness (QED) is 0.887. The predicted octanol–water partition coefficient (Wildman–Crippen LogP) is 2.70. The Morgan fingerprint density at radius 1 is 1.38 bits per heavy atom. The summed E-state index contributed by atoms with van der Waals surface area (Å²) in [5.41, 5.74) is 1.45. The number of rotatable bonds is 3. The van der Waals surface area contributed by atoms with Gasteiger partial charge in [0.15, 0.2) is 0 Å². The molecule has 0 aliphatic carbocycles. The highest BCUT2D eigenvalue weighted by atomic mass is 35.5. The average molecular weight is 256 g/mol. The van der Waals surface area contributed by atoms with Crippen molar-refractivity contribution in [2.24, 2.45) is 0 Å². The van der Waals surface area contributed by atoms with Gasteiger partial charge in [-0.2, -0.15) is 0 Å². The van der Waals surface area contributed by atoms with E-state index in [0.29, 0.717) is 22.0 Å². The van der Waals surface area contributed by atoms with Crippen molar-refractivity contribution >= 4 is 22.9 Å². The van der Waals surface area contributed by atoms with Crippen LogP contribution in [0, 0.1) is 0 Å². The van der Waals surface area contributed by atoms with Gasteiger partial charge in [-0.15, -0.1) is 11.3 Å². The Balaban J connectivity index is 2.38. The number of hydrogen-bond donors (Lipinski definition) is 2. The van der Waals surface area contributed by atoms with Crippen molar-refractivity contribution in [3.05, 3.63) is 34.3 Å². The van der Waals surface area contributed by atoms with Crippen molar-refractivity contribution in [2.75, 3.05) is 6.61 Å². The van der Waals surface area contributed by atoms with Gasteiger partial charge in [-0.3, -0.25) is 0 Å². The Labute approximate surface area is 102 Å². The minimum atomic E-state index is 0.0741. The first-order valence-corrected chi connectivity index (χ1v) is 6.00. The lowest BCUT2D eigenvalue weighted by Crippen LogP contribution is -1.90. The normalized spacial score (nSPS) is 10.6. The molecule has 0 unspecified atom stereocenters. The van der Waals surface area contributed by atoms with Gasteiger partial charge >= 0.3 is 0 Å². The van der Waals surface area contributed by atoms with E-state index in [0.717, 1.165) is 5.69 Å². The summed E-state index contributed by atoms with van der Waals surface area (Å²) in [4.78, 5) is 4.31. The first-order valence-electron chi connectivity index (χ1n) is 4.75. The molecule has 0 saturated heterocycles. The summed E-state index contributed by atoms with van der Waals surface area (Å²) in [5, 5.41) is 21.6. The molecular formula is C11H10ClNO2S. The monoisotopic (exact) mass is 255 g/mol. The fraction of sp³-hybridized carbons (Fsp3) is 0.182. The number of phenolic OH excluding ortho intramolecular Hbond substituents is 1. The molecule has 2 rings (SSSR count). The summed E-state index contributed by atoms with van der Waals surface area (Å²) in [6.45, 7) is 0.0741. The first kappa shape index (κ1) is 11.4. The van der Waals surface area contributed by atoms with Crippen LogP contribution in [-0.2, 0) is 6.42 Å². The van der Waals surface area contributed by atoms with Crippen LogP contribution in [0.1, 0.15) is 5.69 Å². The molecule has 1 heterocycles. The van der Waals surface area contributed by atoms with E-state index in [1.807, 2.05) is 5.38 Å². The number of aromatic hydroxyl groups is 1. The molecule has 0 spiro atoms. The number of thiazole rings is 1. The number of aliphatic hydroxyl groups is 1. The van der Waals surface area contributed by atoms with Crippen LogP contribution in [0.15, 0.2) is 23.6 Å². The third-order valence-electron chi connectivity index (χ3n) is 2.11. The number of phenols is 1. The lowest BCUT2D eigenvalue weighted by molar-refractivity contribution is 0.298. The third kappa shape index (κ3) is 2.35. The molecule has 5 heteroatoms. The van der Waals surface area contributed by atoms with E-state index in [-0.39, 0.29) is 12.4 Å². The molecule has 0 saturated carbocycles. The molecule has 1 aromatic heterocycles. The summed E-state index contributed by atoms with van der Waals surface area (Å²) in [7, 11) is 0. The Bertz CT molecular complexity index is 498. The molecular weight excluding hydrogens is 246 g/mol. The minimum absolute atomic E-state index is 0.0741. The lowest BCUT2D eigenvalue weighted by atomic mass is 10.2. The van der Waals surface area contributed by atoms with E-state index in [2.05, 4.69) is 4.98 Å². The molecule has 2 aromatic rings. The molecule has 0 fully saturated rings. The van der Waals surface area contributed by atoms with Crippen molar-refractivity contribution in [1.82, 2.24) is 4.98 Å². The number of aromatic nitrogens is 1. The Morgan fingerprint density at radius 3 is 2.94 bits per heavy atom. The Morgan fingerprint density at radius 2 is 2.19 bits per heavy atom. The van der Waals surface area contributed by atoms with E-state index in [4.69, 9.17) is 16.7 Å². The highest BCUT2D eigenvalue weighted by molar-refractivity contribution is 7.13. The van der Waals surface area contributed by atoms with Crippen LogP contribution in [-0.4, -0.2) is 21.8 Å². The smallest absolute Gasteiger partial charge is 0.127 e. The molecule has 16 heavy (non-hydrogen) atoms. The zero-order valence-electron chi connectivity index (χ0n) is 8.35. The van der Waals surface area contributed by atoms with E-state index in [9.17, 15) is 5.11 Å². The summed E-state index contributed by atoms with van der Waals surface area (Å²) in [6, 6.07) is 4.85. The molecule has 0 atom stereocenters. The first-order chi connectivity index (χ1) is 7.70. The molecule has 1 aromatic carbocycles. The summed E-state index contributed by atoms with van der Waals surface area (Å²) < 4.78 is 0. The lowest BCUT2D eigenvalue weighted by Gasteiger charge is -2.00.